The summed E-state index contributed by atoms with van der Waals surface area (Å²) in [5.41, 5.74) is 5.38. The van der Waals surface area contributed by atoms with E-state index < -0.39 is 0 Å². The van der Waals surface area contributed by atoms with Crippen LogP contribution in [0.4, 0.5) is 5.69 Å². The summed E-state index contributed by atoms with van der Waals surface area (Å²) >= 11 is 1.55. The molecule has 2 aliphatic rings. The molecule has 5 heterocycles. The molecule has 1 fully saturated rings. The van der Waals surface area contributed by atoms with Crippen molar-refractivity contribution in [3.05, 3.63) is 79.6 Å². The Bertz CT molecular complexity index is 1690. The molecule has 200 valence electrons. The van der Waals surface area contributed by atoms with Gasteiger partial charge in [0.15, 0.2) is 0 Å². The van der Waals surface area contributed by atoms with E-state index in [1.54, 1.807) is 24.6 Å². The van der Waals surface area contributed by atoms with E-state index in [4.69, 9.17) is 9.90 Å². The third-order valence-electron chi connectivity index (χ3n) is 7.23. The lowest BCUT2D eigenvalue weighted by atomic mass is 9.90. The first-order valence-electron chi connectivity index (χ1n) is 12.7. The number of rotatable bonds is 4. The number of carboxylic acid groups (broad SMARTS) is 1. The average Bonchev–Trinajstić information content (AvgIpc) is 3.63. The van der Waals surface area contributed by atoms with Crippen LogP contribution >= 0.6 is 11.3 Å². The van der Waals surface area contributed by atoms with Gasteiger partial charge in [0.25, 0.3) is 12.0 Å². The summed E-state index contributed by atoms with van der Waals surface area (Å²) in [7, 11) is 1.64. The minimum absolute atomic E-state index is 0.197. The molecule has 6 rings (SSSR count). The molecule has 0 bridgehead atoms. The van der Waals surface area contributed by atoms with Gasteiger partial charge in [-0.3, -0.25) is 19.1 Å². The maximum Gasteiger partial charge on any atom is 0.331 e. The van der Waals surface area contributed by atoms with Gasteiger partial charge in [-0.25, -0.2) is 4.79 Å². The lowest BCUT2D eigenvalue weighted by molar-refractivity contribution is -0.122. The van der Waals surface area contributed by atoms with Gasteiger partial charge in [0.1, 0.15) is 0 Å². The van der Waals surface area contributed by atoms with Crippen molar-refractivity contribution in [2.75, 3.05) is 24.5 Å². The predicted molar refractivity (Wildman–Crippen MR) is 150 cm³/mol. The van der Waals surface area contributed by atoms with Crippen LogP contribution in [0.2, 0.25) is 0 Å². The maximum absolute atomic E-state index is 12.6. The van der Waals surface area contributed by atoms with Gasteiger partial charge < -0.3 is 19.9 Å². The lowest BCUT2D eigenvalue weighted by Crippen LogP contribution is -2.40. The Morgan fingerprint density at radius 2 is 2.08 bits per heavy atom. The minimum atomic E-state index is -0.343. The molecule has 0 radical (unpaired) electrons. The fourth-order valence-electron chi connectivity index (χ4n) is 5.51. The van der Waals surface area contributed by atoms with Crippen molar-refractivity contribution in [3.63, 3.8) is 0 Å². The van der Waals surface area contributed by atoms with E-state index >= 15 is 0 Å². The second kappa shape index (κ2) is 11.2. The Morgan fingerprint density at radius 1 is 1.26 bits per heavy atom. The van der Waals surface area contributed by atoms with Crippen LogP contribution in [0.3, 0.4) is 0 Å². The predicted octanol–water partition coefficient (Wildman–Crippen LogP) is 2.56. The number of carbonyl (C=O) groups is 1. The largest absolute Gasteiger partial charge is 0.483 e. The summed E-state index contributed by atoms with van der Waals surface area (Å²) in [6.45, 7) is 2.94. The molecule has 39 heavy (non-hydrogen) atoms. The van der Waals surface area contributed by atoms with Crippen LogP contribution in [0.1, 0.15) is 28.8 Å². The van der Waals surface area contributed by atoms with Crippen molar-refractivity contribution >= 4 is 33.7 Å². The van der Waals surface area contributed by atoms with Gasteiger partial charge in [0.2, 0.25) is 0 Å². The highest BCUT2D eigenvalue weighted by Gasteiger charge is 2.30. The van der Waals surface area contributed by atoms with Crippen molar-refractivity contribution in [3.8, 4) is 17.2 Å². The van der Waals surface area contributed by atoms with Gasteiger partial charge in [0, 0.05) is 66.3 Å². The van der Waals surface area contributed by atoms with Gasteiger partial charge >= 0.3 is 5.69 Å². The van der Waals surface area contributed by atoms with Crippen LogP contribution < -0.4 is 21.5 Å². The van der Waals surface area contributed by atoms with E-state index in [0.717, 1.165) is 65.1 Å². The molecule has 0 amide bonds. The Kier molecular flexibility index (Phi) is 7.58. The van der Waals surface area contributed by atoms with Gasteiger partial charge in [-0.2, -0.15) is 5.26 Å². The highest BCUT2D eigenvalue weighted by Crippen LogP contribution is 2.43. The zero-order valence-electron chi connectivity index (χ0n) is 21.5. The van der Waals surface area contributed by atoms with Crippen LogP contribution in [-0.4, -0.2) is 51.4 Å². The monoisotopic (exact) mass is 544 g/mol. The maximum atomic E-state index is 12.6. The fraction of sp³-hybridized carbons (Fsp3) is 0.321. The summed E-state index contributed by atoms with van der Waals surface area (Å²) < 4.78 is 3.66. The lowest BCUT2D eigenvalue weighted by Gasteiger charge is -2.38. The highest BCUT2D eigenvalue weighted by molar-refractivity contribution is 7.19. The van der Waals surface area contributed by atoms with E-state index in [2.05, 4.69) is 21.3 Å². The molecule has 10 nitrogen and oxygen atoms in total. The van der Waals surface area contributed by atoms with E-state index in [0.29, 0.717) is 11.6 Å². The van der Waals surface area contributed by atoms with Gasteiger partial charge in [-0.05, 0) is 55.6 Å². The van der Waals surface area contributed by atoms with Crippen LogP contribution in [0.15, 0.2) is 52.3 Å². The molecular formula is C28H28N6O4S. The SMILES string of the molecule is Cn1ccc(=O)n(Cc2cc3nccc(-c4cc(C#N)cc5c4N([C@H]4CCNC4)CCC5)c3s2)c1=O.O=CO. The third-order valence-corrected chi connectivity index (χ3v) is 8.37. The molecule has 2 N–H and O–H groups in total. The van der Waals surface area contributed by atoms with E-state index in [1.807, 2.05) is 24.3 Å². The van der Waals surface area contributed by atoms with Crippen LogP contribution in [-0.2, 0) is 24.8 Å². The summed E-state index contributed by atoms with van der Waals surface area (Å²) in [6.07, 6.45) is 6.43. The quantitative estimate of drug-likeness (QED) is 0.375. The Balaban J connectivity index is 0.000000983. The van der Waals surface area contributed by atoms with Gasteiger partial charge in [-0.1, -0.05) is 0 Å². The van der Waals surface area contributed by atoms with Crippen molar-refractivity contribution in [2.24, 2.45) is 7.05 Å². The first-order valence-corrected chi connectivity index (χ1v) is 13.5. The molecular weight excluding hydrogens is 516 g/mol. The summed E-state index contributed by atoms with van der Waals surface area (Å²) in [5.74, 6) is 0. The number of nitrogens with zero attached hydrogens (tertiary/aromatic N) is 5. The Morgan fingerprint density at radius 3 is 2.82 bits per heavy atom. The number of hydrogen-bond acceptors (Lipinski definition) is 8. The van der Waals surface area contributed by atoms with E-state index in [1.165, 1.54) is 32.6 Å². The topological polar surface area (TPSA) is 133 Å². The number of hydrogen-bond donors (Lipinski definition) is 2. The van der Waals surface area contributed by atoms with Crippen LogP contribution in [0.5, 0.6) is 0 Å². The molecule has 1 atom stereocenters. The number of nitriles is 1. The van der Waals surface area contributed by atoms with Crippen molar-refractivity contribution < 1.29 is 9.90 Å². The summed E-state index contributed by atoms with van der Waals surface area (Å²) in [6, 6.07) is 12.2. The molecule has 0 spiro atoms. The molecule has 1 saturated heterocycles. The molecule has 0 aliphatic carbocycles. The second-order valence-corrected chi connectivity index (χ2v) is 10.7. The summed E-state index contributed by atoms with van der Waals surface area (Å²) in [4.78, 5) is 41.3. The molecule has 4 aromatic rings. The number of fused-ring (bicyclic) bond motifs is 2. The van der Waals surface area contributed by atoms with E-state index in [-0.39, 0.29) is 24.3 Å². The number of pyridine rings is 1. The van der Waals surface area contributed by atoms with Gasteiger partial charge in [-0.15, -0.1) is 11.3 Å². The molecule has 11 heteroatoms. The first-order chi connectivity index (χ1) is 18.9. The van der Waals surface area contributed by atoms with Crippen molar-refractivity contribution in [1.29, 1.82) is 5.26 Å². The van der Waals surface area contributed by atoms with Crippen LogP contribution in [0.25, 0.3) is 21.3 Å². The summed E-state index contributed by atoms with van der Waals surface area (Å²) in [5, 5.41) is 20.2. The van der Waals surface area contributed by atoms with E-state index in [9.17, 15) is 14.9 Å². The number of aromatic nitrogens is 3. The Hall–Kier alpha value is -4.27. The van der Waals surface area contributed by atoms with Crippen molar-refractivity contribution in [1.82, 2.24) is 19.4 Å². The standard InChI is InChI=1S/C27H26N6O2S.CH2O2/c1-31-10-6-24(34)33(27(31)35)16-20-13-23-26(36-20)21(5-8-30-23)22-12-17(14-28)11-18-3-2-9-32(25(18)22)19-4-7-29-15-19;2-1-3/h5-6,8,10-13,19,29H,2-4,7,9,15-16H2,1H3;1H,(H,2,3)/t19-;/m0./s1. The number of benzene rings is 1. The fourth-order valence-corrected chi connectivity index (χ4v) is 6.64. The molecule has 0 saturated carbocycles. The average molecular weight is 545 g/mol. The third kappa shape index (κ3) is 5.08. The number of anilines is 1. The number of thiophene rings is 1. The molecule has 3 aromatic heterocycles. The zero-order chi connectivity index (χ0) is 27.5. The molecule has 2 aliphatic heterocycles. The smallest absolute Gasteiger partial charge is 0.331 e. The van der Waals surface area contributed by atoms with Crippen LogP contribution in [0, 0.1) is 11.3 Å². The second-order valence-electron chi connectivity index (χ2n) is 9.61. The normalized spacial score (nSPS) is 16.3. The minimum Gasteiger partial charge on any atom is -0.483 e. The van der Waals surface area contributed by atoms with Crippen molar-refractivity contribution in [2.45, 2.75) is 31.8 Å². The number of nitrogens with one attached hydrogen (secondary N) is 1. The molecule has 1 aromatic carbocycles. The highest BCUT2D eigenvalue weighted by atomic mass is 32.1. The number of aryl methyl sites for hydroxylation is 2. The van der Waals surface area contributed by atoms with Gasteiger partial charge in [0.05, 0.1) is 28.4 Å². The Labute approximate surface area is 228 Å². The first kappa shape index (κ1) is 26.3. The zero-order valence-corrected chi connectivity index (χ0v) is 22.3. The molecule has 0 unspecified atom stereocenters.